The maximum absolute atomic E-state index is 6.36. The Labute approximate surface area is 168 Å². The van der Waals surface area contributed by atoms with E-state index in [1.54, 1.807) is 11.8 Å². The number of hydrogen-bond donors (Lipinski definition) is 2. The molecule has 6 nitrogen and oxygen atoms in total. The summed E-state index contributed by atoms with van der Waals surface area (Å²) in [6.45, 7) is 0. The molecule has 28 heavy (non-hydrogen) atoms. The zero-order valence-electron chi connectivity index (χ0n) is 15.9. The summed E-state index contributed by atoms with van der Waals surface area (Å²) in [5, 5.41) is 1.14. The lowest BCUT2D eigenvalue weighted by atomic mass is 9.90. The molecule has 0 radical (unpaired) electrons. The monoisotopic (exact) mass is 392 g/mol. The smallest absolute Gasteiger partial charge is 0.147 e. The van der Waals surface area contributed by atoms with Crippen molar-refractivity contribution >= 4 is 33.5 Å². The molecule has 7 heteroatoms. The van der Waals surface area contributed by atoms with E-state index in [2.05, 4.69) is 40.1 Å². The molecule has 3 aromatic rings. The topological polar surface area (TPSA) is 83.7 Å². The van der Waals surface area contributed by atoms with Crippen molar-refractivity contribution in [1.29, 1.82) is 0 Å². The lowest BCUT2D eigenvalue weighted by Crippen LogP contribution is -2.48. The van der Waals surface area contributed by atoms with Crippen molar-refractivity contribution in [1.82, 2.24) is 19.9 Å². The van der Waals surface area contributed by atoms with Gasteiger partial charge in [0.1, 0.15) is 11.5 Å². The maximum Gasteiger partial charge on any atom is 0.147 e. The van der Waals surface area contributed by atoms with Gasteiger partial charge in [-0.25, -0.2) is 15.0 Å². The van der Waals surface area contributed by atoms with Crippen LogP contribution in [0.2, 0.25) is 0 Å². The van der Waals surface area contributed by atoms with Crippen molar-refractivity contribution in [2.24, 2.45) is 5.73 Å². The van der Waals surface area contributed by atoms with Crippen molar-refractivity contribution in [2.45, 2.75) is 49.1 Å². The Hall–Kier alpha value is -2.38. The molecule has 0 amide bonds. The third-order valence-corrected chi connectivity index (χ3v) is 6.98. The number of hydrogen-bond acceptors (Lipinski definition) is 6. The first-order valence-corrected chi connectivity index (χ1v) is 10.7. The van der Waals surface area contributed by atoms with E-state index >= 15 is 0 Å². The lowest BCUT2D eigenvalue weighted by molar-refractivity contribution is 0.372. The second kappa shape index (κ2) is 7.22. The number of fused-ring (bicyclic) bond motifs is 2. The number of pyridine rings is 1. The number of rotatable bonds is 4. The average molecular weight is 393 g/mol. The molecule has 2 atom stereocenters. The Balaban J connectivity index is 1.38. The normalized spacial score (nSPS) is 21.6. The van der Waals surface area contributed by atoms with Crippen LogP contribution in [0, 0.1) is 0 Å². The summed E-state index contributed by atoms with van der Waals surface area (Å²) >= 11 is 1.74. The van der Waals surface area contributed by atoms with Crippen molar-refractivity contribution in [3.8, 4) is 0 Å². The Bertz CT molecular complexity index is 1040. The van der Waals surface area contributed by atoms with E-state index in [9.17, 15) is 0 Å². The van der Waals surface area contributed by atoms with Gasteiger partial charge < -0.3 is 15.6 Å². The zero-order valence-corrected chi connectivity index (χ0v) is 16.7. The summed E-state index contributed by atoms with van der Waals surface area (Å²) in [6.07, 6.45) is 13.4. The van der Waals surface area contributed by atoms with Gasteiger partial charge in [0.25, 0.3) is 0 Å². The number of nitrogens with two attached hydrogens (primary N) is 1. The predicted octanol–water partition coefficient (Wildman–Crippen LogP) is 3.75. The number of nitrogens with zero attached hydrogens (tertiary/aromatic N) is 4. The molecule has 1 fully saturated rings. The van der Waals surface area contributed by atoms with Crippen LogP contribution in [0.3, 0.4) is 0 Å². The van der Waals surface area contributed by atoms with Crippen LogP contribution < -0.4 is 10.6 Å². The number of thioether (sulfide) groups is 1. The van der Waals surface area contributed by atoms with Crippen LogP contribution in [0.1, 0.15) is 37.1 Å². The van der Waals surface area contributed by atoms with Crippen LogP contribution in [0.25, 0.3) is 15.9 Å². The Morgan fingerprint density at radius 1 is 1.21 bits per heavy atom. The highest BCUT2D eigenvalue weighted by Crippen LogP contribution is 2.41. The second-order valence-corrected chi connectivity index (χ2v) is 8.66. The summed E-state index contributed by atoms with van der Waals surface area (Å²) in [4.78, 5) is 21.8. The van der Waals surface area contributed by atoms with E-state index in [1.165, 1.54) is 22.6 Å². The zero-order chi connectivity index (χ0) is 19.1. The minimum absolute atomic E-state index is 0.216. The van der Waals surface area contributed by atoms with Crippen LogP contribution in [0.5, 0.6) is 0 Å². The minimum atomic E-state index is 0.216. The van der Waals surface area contributed by atoms with Crippen molar-refractivity contribution in [2.75, 3.05) is 11.9 Å². The van der Waals surface area contributed by atoms with Gasteiger partial charge in [-0.3, -0.25) is 0 Å². The van der Waals surface area contributed by atoms with Crippen LogP contribution >= 0.6 is 11.8 Å². The molecule has 0 unspecified atom stereocenters. The number of anilines is 1. The van der Waals surface area contributed by atoms with Gasteiger partial charge in [0.2, 0.25) is 0 Å². The average Bonchev–Trinajstić information content (AvgIpc) is 3.35. The van der Waals surface area contributed by atoms with Gasteiger partial charge in [-0.05, 0) is 25.0 Å². The van der Waals surface area contributed by atoms with Crippen LogP contribution in [0.4, 0.5) is 5.82 Å². The minimum Gasteiger partial charge on any atom is -0.354 e. The number of nitrogens with one attached hydrogen (secondary N) is 1. The Morgan fingerprint density at radius 2 is 2.11 bits per heavy atom. The highest BCUT2D eigenvalue weighted by molar-refractivity contribution is 8.08. The summed E-state index contributed by atoms with van der Waals surface area (Å²) in [7, 11) is 2.10. The van der Waals surface area contributed by atoms with E-state index in [0.717, 1.165) is 47.5 Å². The maximum atomic E-state index is 6.36. The summed E-state index contributed by atoms with van der Waals surface area (Å²) in [5.41, 5.74) is 9.32. The highest BCUT2D eigenvalue weighted by Gasteiger charge is 2.28. The molecule has 0 saturated heterocycles. The molecule has 3 aromatic heterocycles. The van der Waals surface area contributed by atoms with E-state index in [1.807, 2.05) is 18.6 Å². The van der Waals surface area contributed by atoms with Gasteiger partial charge in [0.15, 0.2) is 0 Å². The fourth-order valence-corrected chi connectivity index (χ4v) is 5.32. The van der Waals surface area contributed by atoms with Crippen LogP contribution in [0.15, 0.2) is 41.7 Å². The van der Waals surface area contributed by atoms with Crippen LogP contribution in [-0.4, -0.2) is 39.1 Å². The van der Waals surface area contributed by atoms with Crippen molar-refractivity contribution in [3.05, 3.63) is 48.2 Å². The molecule has 0 aliphatic heterocycles. The molecular formula is C21H24N6S. The van der Waals surface area contributed by atoms with Gasteiger partial charge in [0.05, 0.1) is 17.6 Å². The molecule has 0 spiro atoms. The number of aromatic amines is 1. The molecule has 3 N–H and O–H groups in total. The molecule has 5 rings (SSSR count). The fourth-order valence-electron chi connectivity index (χ4n) is 4.24. The van der Waals surface area contributed by atoms with Gasteiger partial charge in [0, 0.05) is 53.1 Å². The van der Waals surface area contributed by atoms with Gasteiger partial charge in [-0.15, -0.1) is 0 Å². The van der Waals surface area contributed by atoms with Crippen LogP contribution in [-0.2, 0) is 6.42 Å². The largest absolute Gasteiger partial charge is 0.354 e. The standard InChI is InChI=1S/C21H24N6S/c1-27(16-5-3-2-4-14(16)22)19-12-25-20-15(26-19)6-7-18(20)28-17-9-11-24-21-13(17)8-10-23-21/h7-12,14,16H,2-6,22H2,1H3,(H,23,24)/t14-,16+/m0/s1. The highest BCUT2D eigenvalue weighted by atomic mass is 32.2. The van der Waals surface area contributed by atoms with Gasteiger partial charge in [-0.1, -0.05) is 30.7 Å². The second-order valence-electron chi connectivity index (χ2n) is 7.57. The third kappa shape index (κ3) is 3.08. The van der Waals surface area contributed by atoms with E-state index in [0.29, 0.717) is 6.04 Å². The first-order chi connectivity index (χ1) is 13.7. The molecule has 2 aliphatic rings. The number of H-pyrrole nitrogens is 1. The lowest BCUT2D eigenvalue weighted by Gasteiger charge is -2.36. The number of aromatic nitrogens is 4. The van der Waals surface area contributed by atoms with E-state index in [4.69, 9.17) is 15.7 Å². The Morgan fingerprint density at radius 3 is 3.00 bits per heavy atom. The van der Waals surface area contributed by atoms with Gasteiger partial charge >= 0.3 is 0 Å². The molecule has 2 aliphatic carbocycles. The Kier molecular flexibility index (Phi) is 4.56. The van der Waals surface area contributed by atoms with E-state index < -0.39 is 0 Å². The first-order valence-electron chi connectivity index (χ1n) is 9.85. The quantitative estimate of drug-likeness (QED) is 0.704. The molecule has 0 bridgehead atoms. The molecule has 144 valence electrons. The number of allylic oxidation sites excluding steroid dienone is 1. The summed E-state index contributed by atoms with van der Waals surface area (Å²) in [5.74, 6) is 0.928. The molecule has 3 heterocycles. The molecule has 1 saturated carbocycles. The molecule has 0 aromatic carbocycles. The predicted molar refractivity (Wildman–Crippen MR) is 114 cm³/mol. The number of likely N-dealkylation sites (N-methyl/N-ethyl adjacent to an activating group) is 1. The van der Waals surface area contributed by atoms with Crippen molar-refractivity contribution in [3.63, 3.8) is 0 Å². The first kappa shape index (κ1) is 17.7. The summed E-state index contributed by atoms with van der Waals surface area (Å²) < 4.78 is 0. The van der Waals surface area contributed by atoms with Gasteiger partial charge in [-0.2, -0.15) is 0 Å². The fraction of sp³-hybridized carbons (Fsp3) is 0.381. The summed E-state index contributed by atoms with van der Waals surface area (Å²) in [6, 6.07) is 4.69. The van der Waals surface area contributed by atoms with Crippen molar-refractivity contribution < 1.29 is 0 Å². The third-order valence-electron chi connectivity index (χ3n) is 5.83. The van der Waals surface area contributed by atoms with E-state index in [-0.39, 0.29) is 6.04 Å². The SMILES string of the molecule is CN(c1cnc2c(n1)CC=C2Sc1ccnc2[nH]ccc12)[C@@H]1CCCC[C@@H]1N. The molecular weight excluding hydrogens is 368 g/mol.